The van der Waals surface area contributed by atoms with E-state index in [1.807, 2.05) is 6.08 Å². The van der Waals surface area contributed by atoms with Crippen LogP contribution in [0.4, 0.5) is 0 Å². The molecule has 0 aliphatic rings. The minimum Gasteiger partial charge on any atom is -0.394 e. The summed E-state index contributed by atoms with van der Waals surface area (Å²) in [4.78, 5) is 12.4. The van der Waals surface area contributed by atoms with Gasteiger partial charge in [0.2, 0.25) is 5.91 Å². The van der Waals surface area contributed by atoms with Crippen LogP contribution < -0.4 is 5.32 Å². The van der Waals surface area contributed by atoms with Crippen molar-refractivity contribution in [1.82, 2.24) is 5.32 Å². The molecule has 0 radical (unpaired) electrons. The number of amides is 1. The zero-order valence-corrected chi connectivity index (χ0v) is 33.3. The molecule has 0 spiro atoms. The molecule has 0 aromatic carbocycles. The Morgan fingerprint density at radius 2 is 0.860 bits per heavy atom. The molecule has 0 heterocycles. The molecule has 5 heteroatoms. The summed E-state index contributed by atoms with van der Waals surface area (Å²) in [5, 5.41) is 33.1. The molecule has 0 aromatic rings. The van der Waals surface area contributed by atoms with Crippen LogP contribution in [0.3, 0.4) is 0 Å². The van der Waals surface area contributed by atoms with Crippen LogP contribution in [0.2, 0.25) is 0 Å². The Labute approximate surface area is 311 Å². The highest BCUT2D eigenvalue weighted by atomic mass is 16.3. The maximum Gasteiger partial charge on any atom is 0.222 e. The molecule has 0 rings (SSSR count). The SMILES string of the molecule is CCCCCCCCCC/C=C/CC/C=C/C(O)C(CO)NC(=O)CC(O)CCCCCCC/C=C\CCCCCCCCCCCCCC. The van der Waals surface area contributed by atoms with Gasteiger partial charge in [0.25, 0.3) is 0 Å². The fourth-order valence-electron chi connectivity index (χ4n) is 6.53. The third kappa shape index (κ3) is 36.4. The molecule has 50 heavy (non-hydrogen) atoms. The molecular formula is C45H85NO4. The molecule has 0 saturated heterocycles. The average Bonchev–Trinajstić information content (AvgIpc) is 3.11. The fourth-order valence-corrected chi connectivity index (χ4v) is 6.53. The smallest absolute Gasteiger partial charge is 0.222 e. The van der Waals surface area contributed by atoms with Crippen LogP contribution in [0.25, 0.3) is 0 Å². The van der Waals surface area contributed by atoms with Gasteiger partial charge in [-0.2, -0.15) is 0 Å². The molecule has 4 N–H and O–H groups in total. The fraction of sp³-hybridized carbons (Fsp3) is 0.844. The molecule has 0 aliphatic heterocycles. The predicted molar refractivity (Wildman–Crippen MR) is 218 cm³/mol. The molecule has 0 fully saturated rings. The van der Waals surface area contributed by atoms with Crippen molar-refractivity contribution in [3.8, 4) is 0 Å². The standard InChI is InChI=1S/C45H85NO4/c1-3-5-7-9-11-13-15-17-19-20-21-22-23-24-25-26-28-30-32-34-36-38-42(48)40-45(50)46-43(41-47)44(49)39-37-35-33-31-29-27-18-16-14-12-10-8-6-4-2/h24-25,29,31,37,39,42-44,47-49H,3-23,26-28,30,32-36,38,40-41H2,1-2H3,(H,46,50)/b25-24-,31-29+,39-37+. The maximum absolute atomic E-state index is 12.4. The van der Waals surface area contributed by atoms with Crippen molar-refractivity contribution in [3.63, 3.8) is 0 Å². The van der Waals surface area contributed by atoms with E-state index in [9.17, 15) is 20.1 Å². The normalized spacial score (nSPS) is 13.9. The van der Waals surface area contributed by atoms with E-state index in [2.05, 4.69) is 43.5 Å². The minimum absolute atomic E-state index is 0.000570. The van der Waals surface area contributed by atoms with Gasteiger partial charge < -0.3 is 20.6 Å². The number of nitrogens with one attached hydrogen (secondary N) is 1. The highest BCUT2D eigenvalue weighted by Crippen LogP contribution is 2.14. The number of aliphatic hydroxyl groups is 3. The number of rotatable bonds is 39. The van der Waals surface area contributed by atoms with Crippen LogP contribution in [0.5, 0.6) is 0 Å². The lowest BCUT2D eigenvalue weighted by molar-refractivity contribution is -0.124. The van der Waals surface area contributed by atoms with Crippen molar-refractivity contribution in [2.45, 2.75) is 238 Å². The lowest BCUT2D eigenvalue weighted by Crippen LogP contribution is -2.45. The van der Waals surface area contributed by atoms with E-state index in [0.29, 0.717) is 6.42 Å². The van der Waals surface area contributed by atoms with Gasteiger partial charge in [0.15, 0.2) is 0 Å². The summed E-state index contributed by atoms with van der Waals surface area (Å²) < 4.78 is 0. The van der Waals surface area contributed by atoms with Gasteiger partial charge in [0, 0.05) is 0 Å². The summed E-state index contributed by atoms with van der Waals surface area (Å²) in [6, 6.07) is -0.762. The summed E-state index contributed by atoms with van der Waals surface area (Å²) in [6.45, 7) is 4.19. The van der Waals surface area contributed by atoms with Crippen molar-refractivity contribution in [2.75, 3.05) is 6.61 Å². The van der Waals surface area contributed by atoms with E-state index in [0.717, 1.165) is 44.9 Å². The van der Waals surface area contributed by atoms with Gasteiger partial charge in [0.1, 0.15) is 0 Å². The van der Waals surface area contributed by atoms with E-state index in [1.54, 1.807) is 6.08 Å². The van der Waals surface area contributed by atoms with Gasteiger partial charge in [-0.3, -0.25) is 4.79 Å². The second-order valence-corrected chi connectivity index (χ2v) is 14.9. The van der Waals surface area contributed by atoms with E-state index in [1.165, 1.54) is 148 Å². The molecule has 0 aliphatic carbocycles. The van der Waals surface area contributed by atoms with Gasteiger partial charge in [-0.1, -0.05) is 192 Å². The van der Waals surface area contributed by atoms with Crippen molar-refractivity contribution in [1.29, 1.82) is 0 Å². The third-order valence-corrected chi connectivity index (χ3v) is 9.90. The molecule has 0 aromatic heterocycles. The molecule has 0 saturated carbocycles. The van der Waals surface area contributed by atoms with E-state index < -0.39 is 18.2 Å². The summed E-state index contributed by atoms with van der Waals surface area (Å²) in [6.07, 6.45) is 50.0. The van der Waals surface area contributed by atoms with E-state index >= 15 is 0 Å². The highest BCUT2D eigenvalue weighted by molar-refractivity contribution is 5.76. The maximum atomic E-state index is 12.4. The first-order valence-corrected chi connectivity index (χ1v) is 21.8. The number of hydrogen-bond acceptors (Lipinski definition) is 4. The van der Waals surface area contributed by atoms with Crippen molar-refractivity contribution < 1.29 is 20.1 Å². The van der Waals surface area contributed by atoms with Crippen LogP contribution >= 0.6 is 0 Å². The van der Waals surface area contributed by atoms with Crippen molar-refractivity contribution >= 4 is 5.91 Å². The second kappa shape index (κ2) is 40.3. The predicted octanol–water partition coefficient (Wildman–Crippen LogP) is 12.4. The molecule has 1 amide bonds. The van der Waals surface area contributed by atoms with Crippen molar-refractivity contribution in [3.05, 3.63) is 36.5 Å². The van der Waals surface area contributed by atoms with Crippen LogP contribution in [-0.2, 0) is 4.79 Å². The molecule has 3 atom stereocenters. The van der Waals surface area contributed by atoms with Crippen LogP contribution in [0.1, 0.15) is 219 Å². The monoisotopic (exact) mass is 704 g/mol. The van der Waals surface area contributed by atoms with Gasteiger partial charge >= 0.3 is 0 Å². The number of allylic oxidation sites excluding steroid dienone is 5. The molecule has 0 bridgehead atoms. The Bertz CT molecular complexity index is 779. The topological polar surface area (TPSA) is 89.8 Å². The Morgan fingerprint density at radius 3 is 1.28 bits per heavy atom. The number of hydrogen-bond donors (Lipinski definition) is 4. The van der Waals surface area contributed by atoms with Crippen molar-refractivity contribution in [2.24, 2.45) is 0 Å². The Balaban J connectivity index is 3.70. The Hall–Kier alpha value is -1.43. The third-order valence-electron chi connectivity index (χ3n) is 9.90. The molecule has 294 valence electrons. The molecule has 3 unspecified atom stereocenters. The van der Waals surface area contributed by atoms with Gasteiger partial charge in [-0.15, -0.1) is 0 Å². The first-order valence-electron chi connectivity index (χ1n) is 21.8. The van der Waals surface area contributed by atoms with Crippen LogP contribution in [0.15, 0.2) is 36.5 Å². The zero-order chi connectivity index (χ0) is 36.6. The van der Waals surface area contributed by atoms with Gasteiger partial charge in [-0.05, 0) is 57.8 Å². The molecule has 5 nitrogen and oxygen atoms in total. The Kier molecular flexibility index (Phi) is 39.2. The zero-order valence-electron chi connectivity index (χ0n) is 33.3. The van der Waals surface area contributed by atoms with Gasteiger partial charge in [-0.25, -0.2) is 0 Å². The lowest BCUT2D eigenvalue weighted by atomic mass is 10.0. The number of aliphatic hydroxyl groups excluding tert-OH is 3. The highest BCUT2D eigenvalue weighted by Gasteiger charge is 2.20. The average molecular weight is 704 g/mol. The summed E-state index contributed by atoms with van der Waals surface area (Å²) in [5.74, 6) is -0.330. The number of carbonyl (C=O) groups excluding carboxylic acids is 1. The largest absolute Gasteiger partial charge is 0.394 e. The van der Waals surface area contributed by atoms with Crippen LogP contribution in [-0.4, -0.2) is 46.1 Å². The first-order chi connectivity index (χ1) is 24.5. The minimum atomic E-state index is -0.952. The van der Waals surface area contributed by atoms with E-state index in [4.69, 9.17) is 0 Å². The Morgan fingerprint density at radius 1 is 0.500 bits per heavy atom. The summed E-state index contributed by atoms with van der Waals surface area (Å²) in [7, 11) is 0. The van der Waals surface area contributed by atoms with Crippen LogP contribution in [0, 0.1) is 0 Å². The second-order valence-electron chi connectivity index (χ2n) is 14.9. The number of carbonyl (C=O) groups is 1. The molecular weight excluding hydrogens is 618 g/mol. The number of unbranched alkanes of at least 4 members (excludes halogenated alkanes) is 26. The summed E-state index contributed by atoms with van der Waals surface area (Å²) in [5.41, 5.74) is 0. The first kappa shape index (κ1) is 48.6. The van der Waals surface area contributed by atoms with Gasteiger partial charge in [0.05, 0.1) is 31.3 Å². The quantitative estimate of drug-likeness (QED) is 0.0379. The lowest BCUT2D eigenvalue weighted by Gasteiger charge is -2.20. The van der Waals surface area contributed by atoms with E-state index in [-0.39, 0.29) is 18.9 Å². The summed E-state index contributed by atoms with van der Waals surface area (Å²) >= 11 is 0.